The molecule has 0 amide bonds. The predicted molar refractivity (Wildman–Crippen MR) is 51.1 cm³/mol. The molecule has 1 saturated heterocycles. The predicted octanol–water partition coefficient (Wildman–Crippen LogP) is 0.0600. The first-order chi connectivity index (χ1) is 6.17. The standard InChI is InChI=1S/C9H20N2O2/c1-6(2)3-9-12-7(4-10)8(5-11)13-9/h6-9H,3-5,10-11H2,1-2H3/t7-,8-/m1/s1. The fraction of sp³-hybridized carbons (Fsp3) is 1.00. The molecule has 0 aromatic rings. The Balaban J connectivity index is 2.38. The molecule has 0 unspecified atom stereocenters. The highest BCUT2D eigenvalue weighted by Gasteiger charge is 2.34. The summed E-state index contributed by atoms with van der Waals surface area (Å²) in [5.41, 5.74) is 11.1. The van der Waals surface area contributed by atoms with Crippen LogP contribution in [0.1, 0.15) is 20.3 Å². The zero-order chi connectivity index (χ0) is 9.84. The van der Waals surface area contributed by atoms with E-state index < -0.39 is 0 Å². The molecule has 0 spiro atoms. The average Bonchev–Trinajstić information content (AvgIpc) is 2.45. The SMILES string of the molecule is CC(C)CC1O[C@H](CN)[C@@H](CN)O1. The minimum Gasteiger partial charge on any atom is -0.345 e. The van der Waals surface area contributed by atoms with Crippen LogP contribution in [0.4, 0.5) is 0 Å². The summed E-state index contributed by atoms with van der Waals surface area (Å²) in [6.07, 6.45) is 0.761. The van der Waals surface area contributed by atoms with Crippen LogP contribution in [0.5, 0.6) is 0 Å². The quantitative estimate of drug-likeness (QED) is 0.654. The summed E-state index contributed by atoms with van der Waals surface area (Å²) in [6, 6.07) is 0. The summed E-state index contributed by atoms with van der Waals surface area (Å²) in [6.45, 7) is 5.24. The second-order valence-corrected chi connectivity index (χ2v) is 3.88. The lowest BCUT2D eigenvalue weighted by Crippen LogP contribution is -2.35. The van der Waals surface area contributed by atoms with E-state index in [1.165, 1.54) is 0 Å². The fourth-order valence-corrected chi connectivity index (χ4v) is 1.51. The van der Waals surface area contributed by atoms with Crippen molar-refractivity contribution in [2.75, 3.05) is 13.1 Å². The zero-order valence-electron chi connectivity index (χ0n) is 8.40. The summed E-state index contributed by atoms with van der Waals surface area (Å²) in [5, 5.41) is 0. The van der Waals surface area contributed by atoms with E-state index >= 15 is 0 Å². The maximum Gasteiger partial charge on any atom is 0.158 e. The van der Waals surface area contributed by atoms with Gasteiger partial charge in [0.1, 0.15) is 12.2 Å². The fourth-order valence-electron chi connectivity index (χ4n) is 1.51. The summed E-state index contributed by atoms with van der Waals surface area (Å²) in [5.74, 6) is 0.569. The van der Waals surface area contributed by atoms with E-state index in [-0.39, 0.29) is 18.5 Å². The molecule has 4 heteroatoms. The van der Waals surface area contributed by atoms with Gasteiger partial charge in [0.25, 0.3) is 0 Å². The van der Waals surface area contributed by atoms with Crippen molar-refractivity contribution in [1.29, 1.82) is 0 Å². The minimum absolute atomic E-state index is 0.0197. The Morgan fingerprint density at radius 1 is 1.08 bits per heavy atom. The topological polar surface area (TPSA) is 70.5 Å². The minimum atomic E-state index is -0.109. The molecule has 1 rings (SSSR count). The van der Waals surface area contributed by atoms with Gasteiger partial charge in [-0.25, -0.2) is 0 Å². The molecule has 13 heavy (non-hydrogen) atoms. The monoisotopic (exact) mass is 188 g/mol. The molecule has 0 bridgehead atoms. The Morgan fingerprint density at radius 3 is 1.85 bits per heavy atom. The third-order valence-corrected chi connectivity index (χ3v) is 2.20. The van der Waals surface area contributed by atoms with Gasteiger partial charge in [0.2, 0.25) is 0 Å². The van der Waals surface area contributed by atoms with Gasteiger partial charge in [0, 0.05) is 19.5 Å². The van der Waals surface area contributed by atoms with Gasteiger partial charge in [0.05, 0.1) is 0 Å². The van der Waals surface area contributed by atoms with Crippen molar-refractivity contribution in [3.63, 3.8) is 0 Å². The molecule has 0 saturated carbocycles. The van der Waals surface area contributed by atoms with Gasteiger partial charge in [-0.1, -0.05) is 13.8 Å². The van der Waals surface area contributed by atoms with Crippen molar-refractivity contribution < 1.29 is 9.47 Å². The van der Waals surface area contributed by atoms with Gasteiger partial charge < -0.3 is 20.9 Å². The molecule has 0 radical (unpaired) electrons. The Kier molecular flexibility index (Phi) is 4.12. The molecule has 0 aromatic carbocycles. The van der Waals surface area contributed by atoms with Crippen molar-refractivity contribution in [2.45, 2.75) is 38.8 Å². The van der Waals surface area contributed by atoms with Crippen molar-refractivity contribution in [2.24, 2.45) is 17.4 Å². The van der Waals surface area contributed by atoms with E-state index in [0.717, 1.165) is 6.42 Å². The second kappa shape index (κ2) is 4.91. The summed E-state index contributed by atoms with van der Waals surface area (Å²) < 4.78 is 11.2. The van der Waals surface area contributed by atoms with Gasteiger partial charge in [-0.15, -0.1) is 0 Å². The van der Waals surface area contributed by atoms with Crippen LogP contribution in [0.3, 0.4) is 0 Å². The van der Waals surface area contributed by atoms with E-state index in [1.807, 2.05) is 0 Å². The molecular formula is C9H20N2O2. The summed E-state index contributed by atoms with van der Waals surface area (Å²) >= 11 is 0. The molecular weight excluding hydrogens is 168 g/mol. The molecule has 78 valence electrons. The van der Waals surface area contributed by atoms with E-state index in [1.54, 1.807) is 0 Å². The molecule has 1 heterocycles. The van der Waals surface area contributed by atoms with Crippen LogP contribution < -0.4 is 11.5 Å². The number of rotatable bonds is 4. The Morgan fingerprint density at radius 2 is 1.54 bits per heavy atom. The number of ether oxygens (including phenoxy) is 2. The van der Waals surface area contributed by atoms with Crippen molar-refractivity contribution >= 4 is 0 Å². The van der Waals surface area contributed by atoms with Crippen LogP contribution in [0.15, 0.2) is 0 Å². The molecule has 4 N–H and O–H groups in total. The number of hydrogen-bond donors (Lipinski definition) is 2. The highest BCUT2D eigenvalue weighted by atomic mass is 16.7. The first-order valence-electron chi connectivity index (χ1n) is 4.88. The summed E-state index contributed by atoms with van der Waals surface area (Å²) in [7, 11) is 0. The van der Waals surface area contributed by atoms with Gasteiger partial charge in [0.15, 0.2) is 6.29 Å². The number of nitrogens with two attached hydrogens (primary N) is 2. The van der Waals surface area contributed by atoms with E-state index in [4.69, 9.17) is 20.9 Å². The van der Waals surface area contributed by atoms with E-state index in [9.17, 15) is 0 Å². The first kappa shape index (κ1) is 10.9. The lowest BCUT2D eigenvalue weighted by Gasteiger charge is -2.11. The Bertz CT molecular complexity index is 141. The van der Waals surface area contributed by atoms with Crippen molar-refractivity contribution in [1.82, 2.24) is 0 Å². The van der Waals surface area contributed by atoms with E-state index in [0.29, 0.717) is 19.0 Å². The van der Waals surface area contributed by atoms with Crippen LogP contribution >= 0.6 is 0 Å². The normalized spacial score (nSPS) is 30.2. The average molecular weight is 188 g/mol. The summed E-state index contributed by atoms with van der Waals surface area (Å²) in [4.78, 5) is 0. The van der Waals surface area contributed by atoms with Gasteiger partial charge in [-0.2, -0.15) is 0 Å². The molecule has 0 aliphatic carbocycles. The highest BCUT2D eigenvalue weighted by molar-refractivity contribution is 4.79. The van der Waals surface area contributed by atoms with E-state index in [2.05, 4.69) is 13.8 Å². The van der Waals surface area contributed by atoms with Crippen LogP contribution in [-0.2, 0) is 9.47 Å². The van der Waals surface area contributed by atoms with Crippen LogP contribution in [0, 0.1) is 5.92 Å². The molecule has 1 aliphatic heterocycles. The van der Waals surface area contributed by atoms with Gasteiger partial charge in [-0.05, 0) is 5.92 Å². The molecule has 4 nitrogen and oxygen atoms in total. The second-order valence-electron chi connectivity index (χ2n) is 3.88. The van der Waals surface area contributed by atoms with Gasteiger partial charge in [-0.3, -0.25) is 0 Å². The lowest BCUT2D eigenvalue weighted by atomic mass is 10.1. The first-order valence-corrected chi connectivity index (χ1v) is 4.88. The van der Waals surface area contributed by atoms with Crippen molar-refractivity contribution in [3.05, 3.63) is 0 Å². The largest absolute Gasteiger partial charge is 0.345 e. The highest BCUT2D eigenvalue weighted by Crippen LogP contribution is 2.22. The smallest absolute Gasteiger partial charge is 0.158 e. The van der Waals surface area contributed by atoms with Crippen LogP contribution in [-0.4, -0.2) is 31.6 Å². The van der Waals surface area contributed by atoms with Crippen LogP contribution in [0.25, 0.3) is 0 Å². The van der Waals surface area contributed by atoms with Crippen molar-refractivity contribution in [3.8, 4) is 0 Å². The Labute approximate surface area is 79.6 Å². The molecule has 1 aliphatic rings. The molecule has 0 aromatic heterocycles. The Hall–Kier alpha value is -0.160. The lowest BCUT2D eigenvalue weighted by molar-refractivity contribution is -0.0753. The third-order valence-electron chi connectivity index (χ3n) is 2.20. The number of hydrogen-bond acceptors (Lipinski definition) is 4. The maximum atomic E-state index is 5.60. The molecule has 2 atom stereocenters. The maximum absolute atomic E-state index is 5.60. The third kappa shape index (κ3) is 2.91. The van der Waals surface area contributed by atoms with Crippen LogP contribution in [0.2, 0.25) is 0 Å². The molecule has 1 fully saturated rings. The zero-order valence-corrected chi connectivity index (χ0v) is 8.40. The van der Waals surface area contributed by atoms with Gasteiger partial charge >= 0.3 is 0 Å².